The summed E-state index contributed by atoms with van der Waals surface area (Å²) in [7, 11) is 0. The number of benzene rings is 1. The first kappa shape index (κ1) is 15.8. The monoisotopic (exact) mass is 287 g/mol. The minimum absolute atomic E-state index is 0.116. The SMILES string of the molecule is CCOC(=O)Cc1cc(OC(F)(F)F)c(C)cc1C#N. The molecule has 0 saturated carbocycles. The van der Waals surface area contributed by atoms with Gasteiger partial charge in [-0.15, -0.1) is 13.2 Å². The number of nitrogens with zero attached hydrogens (tertiary/aromatic N) is 1. The number of carbonyl (C=O) groups excluding carboxylic acids is 1. The fraction of sp³-hybridized carbons (Fsp3) is 0.385. The predicted molar refractivity (Wildman–Crippen MR) is 62.9 cm³/mol. The Morgan fingerprint density at radius 1 is 1.40 bits per heavy atom. The molecule has 1 rings (SSSR count). The van der Waals surface area contributed by atoms with Crippen LogP contribution in [0.25, 0.3) is 0 Å². The van der Waals surface area contributed by atoms with Crippen LogP contribution in [0.4, 0.5) is 13.2 Å². The third-order valence-corrected chi connectivity index (χ3v) is 2.39. The third-order valence-electron chi connectivity index (χ3n) is 2.39. The highest BCUT2D eigenvalue weighted by atomic mass is 19.4. The lowest BCUT2D eigenvalue weighted by molar-refractivity contribution is -0.274. The zero-order chi connectivity index (χ0) is 15.3. The molecule has 7 heteroatoms. The number of halogens is 3. The molecule has 0 radical (unpaired) electrons. The summed E-state index contributed by atoms with van der Waals surface area (Å²) in [4.78, 5) is 11.4. The summed E-state index contributed by atoms with van der Waals surface area (Å²) in [6, 6.07) is 4.11. The van der Waals surface area contributed by atoms with Gasteiger partial charge < -0.3 is 9.47 Å². The second kappa shape index (κ2) is 6.28. The number of esters is 1. The summed E-state index contributed by atoms with van der Waals surface area (Å²) in [5.41, 5.74) is 0.410. The van der Waals surface area contributed by atoms with Gasteiger partial charge in [-0.2, -0.15) is 5.26 Å². The molecular formula is C13H12F3NO3. The van der Waals surface area contributed by atoms with Gasteiger partial charge in [-0.3, -0.25) is 4.79 Å². The van der Waals surface area contributed by atoms with Crippen LogP contribution >= 0.6 is 0 Å². The Labute approximate surface area is 113 Å². The fourth-order valence-corrected chi connectivity index (χ4v) is 1.58. The summed E-state index contributed by atoms with van der Waals surface area (Å²) >= 11 is 0. The number of alkyl halides is 3. The number of carbonyl (C=O) groups is 1. The molecule has 0 unspecified atom stereocenters. The van der Waals surface area contributed by atoms with Crippen molar-refractivity contribution < 1.29 is 27.4 Å². The molecule has 0 spiro atoms. The highest BCUT2D eigenvalue weighted by molar-refractivity contribution is 5.74. The van der Waals surface area contributed by atoms with Gasteiger partial charge in [0.2, 0.25) is 0 Å². The molecule has 4 nitrogen and oxygen atoms in total. The normalized spacial score (nSPS) is 10.8. The summed E-state index contributed by atoms with van der Waals surface area (Å²) in [6.45, 7) is 3.14. The van der Waals surface area contributed by atoms with Crippen molar-refractivity contribution in [1.29, 1.82) is 5.26 Å². The Bertz CT molecular complexity index is 547. The molecule has 0 fully saturated rings. The van der Waals surface area contributed by atoms with E-state index in [2.05, 4.69) is 4.74 Å². The Balaban J connectivity index is 3.12. The Hall–Kier alpha value is -2.23. The van der Waals surface area contributed by atoms with Gasteiger partial charge in [0.15, 0.2) is 0 Å². The van der Waals surface area contributed by atoms with Crippen LogP contribution in [0.2, 0.25) is 0 Å². The summed E-state index contributed by atoms with van der Waals surface area (Å²) in [6.07, 6.45) is -5.12. The van der Waals surface area contributed by atoms with Crippen LogP contribution < -0.4 is 4.74 Å². The van der Waals surface area contributed by atoms with Gasteiger partial charge in [-0.1, -0.05) is 0 Å². The first-order chi connectivity index (χ1) is 9.26. The molecule has 0 heterocycles. The van der Waals surface area contributed by atoms with Crippen molar-refractivity contribution >= 4 is 5.97 Å². The quantitative estimate of drug-likeness (QED) is 0.799. The molecule has 0 atom stereocenters. The molecule has 1 aromatic carbocycles. The summed E-state index contributed by atoms with van der Waals surface area (Å²) < 4.78 is 45.3. The van der Waals surface area contributed by atoms with Crippen molar-refractivity contribution in [1.82, 2.24) is 0 Å². The van der Waals surface area contributed by atoms with E-state index < -0.39 is 18.1 Å². The number of nitriles is 1. The second-order valence-electron chi connectivity index (χ2n) is 3.92. The van der Waals surface area contributed by atoms with Crippen LogP contribution in [0, 0.1) is 18.3 Å². The summed E-state index contributed by atoms with van der Waals surface area (Å²) in [5.74, 6) is -1.05. The van der Waals surface area contributed by atoms with E-state index in [1.54, 1.807) is 6.92 Å². The van der Waals surface area contributed by atoms with Gasteiger partial charge in [0.25, 0.3) is 0 Å². The number of hydrogen-bond donors (Lipinski definition) is 0. The van der Waals surface area contributed by atoms with Crippen molar-refractivity contribution in [2.24, 2.45) is 0 Å². The minimum Gasteiger partial charge on any atom is -0.466 e. The van der Waals surface area contributed by atoms with E-state index in [0.717, 1.165) is 6.07 Å². The van der Waals surface area contributed by atoms with Crippen molar-refractivity contribution in [3.8, 4) is 11.8 Å². The van der Waals surface area contributed by atoms with Crippen LogP contribution in [0.1, 0.15) is 23.6 Å². The Morgan fingerprint density at radius 2 is 2.05 bits per heavy atom. The van der Waals surface area contributed by atoms with Crippen LogP contribution in [0.5, 0.6) is 5.75 Å². The largest absolute Gasteiger partial charge is 0.573 e. The highest BCUT2D eigenvalue weighted by Crippen LogP contribution is 2.29. The second-order valence-corrected chi connectivity index (χ2v) is 3.92. The molecule has 0 aromatic heterocycles. The standard InChI is InChI=1S/C13H12F3NO3/c1-3-19-12(18)6-9-5-11(20-13(14,15)16)8(2)4-10(9)7-17/h4-5H,3,6H2,1-2H3. The molecule has 0 bridgehead atoms. The van der Waals surface area contributed by atoms with E-state index in [9.17, 15) is 18.0 Å². The van der Waals surface area contributed by atoms with E-state index in [0.29, 0.717) is 0 Å². The number of hydrogen-bond acceptors (Lipinski definition) is 4. The molecule has 0 aliphatic carbocycles. The molecule has 0 amide bonds. The van der Waals surface area contributed by atoms with Gasteiger partial charge in [0, 0.05) is 0 Å². The maximum atomic E-state index is 12.2. The van der Waals surface area contributed by atoms with Crippen LogP contribution in [-0.2, 0) is 16.0 Å². The Morgan fingerprint density at radius 3 is 2.55 bits per heavy atom. The topological polar surface area (TPSA) is 59.3 Å². The first-order valence-corrected chi connectivity index (χ1v) is 5.71. The van der Waals surface area contributed by atoms with Gasteiger partial charge in [0.1, 0.15) is 5.75 Å². The minimum atomic E-state index is -4.83. The summed E-state index contributed by atoms with van der Waals surface area (Å²) in [5, 5.41) is 8.94. The van der Waals surface area contributed by atoms with Crippen molar-refractivity contribution in [3.63, 3.8) is 0 Å². The average molecular weight is 287 g/mol. The zero-order valence-corrected chi connectivity index (χ0v) is 10.9. The average Bonchev–Trinajstić information content (AvgIpc) is 2.31. The number of ether oxygens (including phenoxy) is 2. The third kappa shape index (κ3) is 4.46. The molecule has 20 heavy (non-hydrogen) atoms. The molecule has 0 aliphatic rings. The van der Waals surface area contributed by atoms with Crippen molar-refractivity contribution in [2.45, 2.75) is 26.6 Å². The fourth-order valence-electron chi connectivity index (χ4n) is 1.58. The van der Waals surface area contributed by atoms with Crippen molar-refractivity contribution in [3.05, 3.63) is 28.8 Å². The van der Waals surface area contributed by atoms with E-state index in [1.165, 1.54) is 13.0 Å². The van der Waals surface area contributed by atoms with Crippen LogP contribution in [0.3, 0.4) is 0 Å². The van der Waals surface area contributed by atoms with Gasteiger partial charge in [-0.25, -0.2) is 0 Å². The van der Waals surface area contributed by atoms with Crippen molar-refractivity contribution in [2.75, 3.05) is 6.61 Å². The van der Waals surface area contributed by atoms with E-state index in [-0.39, 0.29) is 29.7 Å². The van der Waals surface area contributed by atoms with E-state index in [4.69, 9.17) is 10.00 Å². The lowest BCUT2D eigenvalue weighted by Crippen LogP contribution is -2.18. The van der Waals surface area contributed by atoms with Gasteiger partial charge >= 0.3 is 12.3 Å². The zero-order valence-electron chi connectivity index (χ0n) is 10.9. The smallest absolute Gasteiger partial charge is 0.466 e. The predicted octanol–water partition coefficient (Wildman–Crippen LogP) is 2.87. The molecule has 0 saturated heterocycles. The number of rotatable bonds is 4. The van der Waals surface area contributed by atoms with E-state index in [1.807, 2.05) is 6.07 Å². The molecule has 1 aromatic rings. The molecular weight excluding hydrogens is 275 g/mol. The van der Waals surface area contributed by atoms with Crippen LogP contribution in [-0.4, -0.2) is 18.9 Å². The molecule has 108 valence electrons. The maximum absolute atomic E-state index is 12.2. The lowest BCUT2D eigenvalue weighted by atomic mass is 10.0. The lowest BCUT2D eigenvalue weighted by Gasteiger charge is -2.13. The van der Waals surface area contributed by atoms with Crippen LogP contribution in [0.15, 0.2) is 12.1 Å². The number of aryl methyl sites for hydroxylation is 1. The molecule has 0 N–H and O–H groups in total. The highest BCUT2D eigenvalue weighted by Gasteiger charge is 2.32. The van der Waals surface area contributed by atoms with Gasteiger partial charge in [-0.05, 0) is 37.1 Å². The molecule has 0 aliphatic heterocycles. The Kier molecular flexibility index (Phi) is 4.97. The van der Waals surface area contributed by atoms with Gasteiger partial charge in [0.05, 0.1) is 24.7 Å². The maximum Gasteiger partial charge on any atom is 0.573 e. The first-order valence-electron chi connectivity index (χ1n) is 5.71. The van der Waals surface area contributed by atoms with E-state index >= 15 is 0 Å².